The standard InChI is InChI=1S/C10H19F3N2/c11-10(12,13)5-2-6-14-8-4-9-3-1-7-15-9/h9,14-15H,1-8H2. The minimum absolute atomic E-state index is 0.182. The van der Waals surface area contributed by atoms with Crippen molar-refractivity contribution in [2.24, 2.45) is 0 Å². The van der Waals surface area contributed by atoms with Crippen LogP contribution in [0.3, 0.4) is 0 Å². The van der Waals surface area contributed by atoms with E-state index in [2.05, 4.69) is 10.6 Å². The highest BCUT2D eigenvalue weighted by Gasteiger charge is 2.25. The second kappa shape index (κ2) is 6.33. The Balaban J connectivity index is 1.84. The van der Waals surface area contributed by atoms with E-state index in [-0.39, 0.29) is 6.42 Å². The van der Waals surface area contributed by atoms with Crippen LogP contribution in [0.5, 0.6) is 0 Å². The Hall–Kier alpha value is -0.290. The molecule has 0 radical (unpaired) electrons. The molecule has 15 heavy (non-hydrogen) atoms. The molecule has 0 amide bonds. The van der Waals surface area contributed by atoms with Crippen molar-refractivity contribution in [1.82, 2.24) is 10.6 Å². The Morgan fingerprint density at radius 1 is 1.27 bits per heavy atom. The molecule has 0 saturated carbocycles. The zero-order valence-corrected chi connectivity index (χ0v) is 8.87. The summed E-state index contributed by atoms with van der Waals surface area (Å²) < 4.78 is 35.3. The third-order valence-corrected chi connectivity index (χ3v) is 2.65. The fourth-order valence-electron chi connectivity index (χ4n) is 1.82. The van der Waals surface area contributed by atoms with Crippen LogP contribution in [-0.4, -0.2) is 31.9 Å². The van der Waals surface area contributed by atoms with Gasteiger partial charge in [0, 0.05) is 12.5 Å². The van der Waals surface area contributed by atoms with Gasteiger partial charge in [-0.25, -0.2) is 0 Å². The van der Waals surface area contributed by atoms with E-state index in [0.717, 1.165) is 19.5 Å². The molecule has 0 aromatic carbocycles. The lowest BCUT2D eigenvalue weighted by molar-refractivity contribution is -0.135. The average molecular weight is 224 g/mol. The van der Waals surface area contributed by atoms with Gasteiger partial charge in [0.2, 0.25) is 0 Å². The predicted molar refractivity (Wildman–Crippen MR) is 53.8 cm³/mol. The van der Waals surface area contributed by atoms with Crippen molar-refractivity contribution < 1.29 is 13.2 Å². The molecule has 0 spiro atoms. The molecular weight excluding hydrogens is 205 g/mol. The molecule has 5 heteroatoms. The summed E-state index contributed by atoms with van der Waals surface area (Å²) in [6.45, 7) is 2.36. The minimum atomic E-state index is -4.01. The summed E-state index contributed by atoms with van der Waals surface area (Å²) in [7, 11) is 0. The number of alkyl halides is 3. The van der Waals surface area contributed by atoms with E-state index in [1.807, 2.05) is 0 Å². The van der Waals surface area contributed by atoms with Crippen molar-refractivity contribution in [3.8, 4) is 0 Å². The largest absolute Gasteiger partial charge is 0.389 e. The molecule has 0 aromatic heterocycles. The Labute approximate surface area is 88.6 Å². The topological polar surface area (TPSA) is 24.1 Å². The Kier molecular flexibility index (Phi) is 5.39. The first-order chi connectivity index (χ1) is 7.08. The van der Waals surface area contributed by atoms with Gasteiger partial charge in [0.25, 0.3) is 0 Å². The molecule has 2 N–H and O–H groups in total. The molecule has 1 unspecified atom stereocenters. The lowest BCUT2D eigenvalue weighted by atomic mass is 10.1. The monoisotopic (exact) mass is 224 g/mol. The molecule has 1 fully saturated rings. The Morgan fingerprint density at radius 3 is 2.67 bits per heavy atom. The van der Waals surface area contributed by atoms with Crippen LogP contribution < -0.4 is 10.6 Å². The van der Waals surface area contributed by atoms with Crippen LogP contribution in [0.2, 0.25) is 0 Å². The van der Waals surface area contributed by atoms with Crippen molar-refractivity contribution in [1.29, 1.82) is 0 Å². The zero-order valence-electron chi connectivity index (χ0n) is 8.87. The number of halogens is 3. The van der Waals surface area contributed by atoms with Crippen molar-refractivity contribution in [3.05, 3.63) is 0 Å². The van der Waals surface area contributed by atoms with Crippen LogP contribution in [0.4, 0.5) is 13.2 Å². The number of hydrogen-bond donors (Lipinski definition) is 2. The molecule has 0 aliphatic carbocycles. The summed E-state index contributed by atoms with van der Waals surface area (Å²) in [6, 6.07) is 0.570. The first kappa shape index (κ1) is 12.8. The second-order valence-corrected chi connectivity index (χ2v) is 4.05. The van der Waals surface area contributed by atoms with E-state index < -0.39 is 12.6 Å². The maximum absolute atomic E-state index is 11.8. The number of hydrogen-bond acceptors (Lipinski definition) is 2. The lowest BCUT2D eigenvalue weighted by Crippen LogP contribution is -2.27. The number of rotatable bonds is 6. The Morgan fingerprint density at radius 2 is 2.07 bits per heavy atom. The summed E-state index contributed by atoms with van der Waals surface area (Å²) in [5.41, 5.74) is 0. The summed E-state index contributed by atoms with van der Waals surface area (Å²) in [4.78, 5) is 0. The molecule has 1 saturated heterocycles. The summed E-state index contributed by atoms with van der Waals surface area (Å²) in [6.07, 6.45) is -1.06. The van der Waals surface area contributed by atoms with Crippen molar-refractivity contribution >= 4 is 0 Å². The van der Waals surface area contributed by atoms with E-state index in [1.54, 1.807) is 0 Å². The third-order valence-electron chi connectivity index (χ3n) is 2.65. The van der Waals surface area contributed by atoms with Crippen molar-refractivity contribution in [3.63, 3.8) is 0 Å². The molecule has 1 aliphatic heterocycles. The third kappa shape index (κ3) is 6.73. The molecular formula is C10H19F3N2. The molecule has 1 atom stereocenters. The van der Waals surface area contributed by atoms with Gasteiger partial charge < -0.3 is 10.6 Å². The SMILES string of the molecule is FC(F)(F)CCCNCCC1CCCN1. The maximum Gasteiger partial charge on any atom is 0.389 e. The van der Waals surface area contributed by atoms with Crippen LogP contribution in [0.25, 0.3) is 0 Å². The highest BCUT2D eigenvalue weighted by molar-refractivity contribution is 4.74. The van der Waals surface area contributed by atoms with Gasteiger partial charge in [0.15, 0.2) is 0 Å². The molecule has 2 nitrogen and oxygen atoms in total. The van der Waals surface area contributed by atoms with Gasteiger partial charge in [0.1, 0.15) is 0 Å². The average Bonchev–Trinajstić information content (AvgIpc) is 2.61. The first-order valence-electron chi connectivity index (χ1n) is 5.59. The predicted octanol–water partition coefficient (Wildman–Crippen LogP) is 2.06. The van der Waals surface area contributed by atoms with E-state index in [4.69, 9.17) is 0 Å². The van der Waals surface area contributed by atoms with Gasteiger partial charge in [-0.3, -0.25) is 0 Å². The molecule has 1 rings (SSSR count). The fraction of sp³-hybridized carbons (Fsp3) is 1.00. The zero-order chi connectivity index (χ0) is 11.1. The highest BCUT2D eigenvalue weighted by atomic mass is 19.4. The molecule has 1 aliphatic rings. The van der Waals surface area contributed by atoms with E-state index >= 15 is 0 Å². The van der Waals surface area contributed by atoms with Crippen molar-refractivity contribution in [2.45, 2.75) is 44.3 Å². The summed E-state index contributed by atoms with van der Waals surface area (Å²) in [5, 5.41) is 6.40. The van der Waals surface area contributed by atoms with Gasteiger partial charge in [-0.2, -0.15) is 13.2 Å². The van der Waals surface area contributed by atoms with E-state index in [0.29, 0.717) is 12.6 Å². The van der Waals surface area contributed by atoms with Gasteiger partial charge in [-0.1, -0.05) is 0 Å². The highest BCUT2D eigenvalue weighted by Crippen LogP contribution is 2.20. The Bertz CT molecular complexity index is 165. The fourth-order valence-corrected chi connectivity index (χ4v) is 1.82. The smallest absolute Gasteiger partial charge is 0.317 e. The second-order valence-electron chi connectivity index (χ2n) is 4.05. The molecule has 90 valence electrons. The van der Waals surface area contributed by atoms with E-state index in [1.165, 1.54) is 12.8 Å². The quantitative estimate of drug-likeness (QED) is 0.675. The lowest BCUT2D eigenvalue weighted by Gasteiger charge is -2.11. The van der Waals surface area contributed by atoms with Crippen LogP contribution in [-0.2, 0) is 0 Å². The van der Waals surface area contributed by atoms with Crippen LogP contribution in [0.15, 0.2) is 0 Å². The van der Waals surface area contributed by atoms with E-state index in [9.17, 15) is 13.2 Å². The van der Waals surface area contributed by atoms with Crippen LogP contribution >= 0.6 is 0 Å². The minimum Gasteiger partial charge on any atom is -0.317 e. The molecule has 0 bridgehead atoms. The normalized spacial score (nSPS) is 22.2. The number of nitrogens with one attached hydrogen (secondary N) is 2. The van der Waals surface area contributed by atoms with Gasteiger partial charge >= 0.3 is 6.18 Å². The van der Waals surface area contributed by atoms with Gasteiger partial charge in [0.05, 0.1) is 0 Å². The maximum atomic E-state index is 11.8. The molecule has 0 aromatic rings. The first-order valence-corrected chi connectivity index (χ1v) is 5.59. The van der Waals surface area contributed by atoms with Gasteiger partial charge in [-0.15, -0.1) is 0 Å². The summed E-state index contributed by atoms with van der Waals surface area (Å²) in [5.74, 6) is 0. The van der Waals surface area contributed by atoms with Crippen LogP contribution in [0, 0.1) is 0 Å². The molecule has 1 heterocycles. The summed E-state index contributed by atoms with van der Waals surface area (Å²) >= 11 is 0. The van der Waals surface area contributed by atoms with Gasteiger partial charge in [-0.05, 0) is 45.3 Å². The van der Waals surface area contributed by atoms with Crippen LogP contribution in [0.1, 0.15) is 32.1 Å². The van der Waals surface area contributed by atoms with Crippen molar-refractivity contribution in [2.75, 3.05) is 19.6 Å².